The van der Waals surface area contributed by atoms with Gasteiger partial charge >= 0.3 is 29.4 Å². The van der Waals surface area contributed by atoms with Crippen LogP contribution in [0.1, 0.15) is 115 Å². The number of nitrogens with two attached hydrogens (primary N) is 1. The van der Waals surface area contributed by atoms with E-state index in [0.29, 0.717) is 11.1 Å². The van der Waals surface area contributed by atoms with Crippen LogP contribution in [0.5, 0.6) is 0 Å². The van der Waals surface area contributed by atoms with E-state index < -0.39 is 54.4 Å². The summed E-state index contributed by atoms with van der Waals surface area (Å²) in [5.74, 6) is -0.727. The summed E-state index contributed by atoms with van der Waals surface area (Å²) in [6, 6.07) is 27.1. The van der Waals surface area contributed by atoms with E-state index in [1.165, 1.54) is 83.3 Å². The molecule has 0 aliphatic carbocycles. The van der Waals surface area contributed by atoms with Gasteiger partial charge in [0.05, 0.1) is 24.3 Å². The lowest BCUT2D eigenvalue weighted by Crippen LogP contribution is -2.29. The van der Waals surface area contributed by atoms with Crippen LogP contribution in [0.25, 0.3) is 0 Å². The Hall–Kier alpha value is -6.73. The lowest BCUT2D eigenvalue weighted by Gasteiger charge is -2.14. The summed E-state index contributed by atoms with van der Waals surface area (Å²) >= 11 is 0. The highest BCUT2D eigenvalue weighted by atomic mass is 16.8. The number of nitrogens with zero attached hydrogens (tertiary/aromatic N) is 4. The standard InChI is InChI=1S/C29H33N3O7.C21H27N3O5/c1-2-3-4-6-9-21-12-14-23(15-13-21)27(33)37-20-26-36-19-25(39-26)32-17-16-24(30-28(32)34)31-29(35)38-18-22-10-7-5-8-11-22;1-2-3-4-5-6-15-7-9-16(10-8-15)20(25)28-14-19-27-13-18(29-19)24-12-11-17(22)23-21(24)26/h5,7-8,10-17,25-26H,2-4,6,9,18-20H2,1H3,(H,30,31,34,35);7-12,18-19H,2-6,13-14H2,1H3,(H2,22,23,26)/t25-,26-;18-,19-/m00/s1. The predicted octanol–water partition coefficient (Wildman–Crippen LogP) is 7.52. The van der Waals surface area contributed by atoms with Gasteiger partial charge in [-0.15, -0.1) is 0 Å². The molecule has 3 N–H and O–H groups in total. The molecule has 18 nitrogen and oxygen atoms in total. The molecule has 0 saturated carbocycles. The fourth-order valence-electron chi connectivity index (χ4n) is 7.14. The Bertz CT molecular complexity index is 2480. The number of benzene rings is 3. The highest BCUT2D eigenvalue weighted by molar-refractivity contribution is 5.90. The zero-order valence-electron chi connectivity index (χ0n) is 38.5. The van der Waals surface area contributed by atoms with Gasteiger partial charge in [0, 0.05) is 12.4 Å². The fraction of sp³-hybridized carbons (Fsp3) is 0.420. The second-order valence-corrected chi connectivity index (χ2v) is 16.2. The highest BCUT2D eigenvalue weighted by Crippen LogP contribution is 2.22. The van der Waals surface area contributed by atoms with Crippen LogP contribution in [-0.4, -0.2) is 76.1 Å². The molecule has 5 aromatic rings. The second kappa shape index (κ2) is 26.6. The maximum absolute atomic E-state index is 12.5. The third kappa shape index (κ3) is 16.0. The first-order valence-corrected chi connectivity index (χ1v) is 23.1. The Balaban J connectivity index is 0.000000234. The second-order valence-electron chi connectivity index (χ2n) is 16.2. The first-order chi connectivity index (χ1) is 33.1. The smallest absolute Gasteiger partial charge is 0.413 e. The van der Waals surface area contributed by atoms with Gasteiger partial charge in [-0.25, -0.2) is 24.0 Å². The molecule has 0 spiro atoms. The quantitative estimate of drug-likeness (QED) is 0.0412. The molecule has 0 radical (unpaired) electrons. The van der Waals surface area contributed by atoms with E-state index in [-0.39, 0.29) is 44.7 Å². The summed E-state index contributed by atoms with van der Waals surface area (Å²) in [4.78, 5) is 68.6. The molecule has 2 fully saturated rings. The van der Waals surface area contributed by atoms with Crippen molar-refractivity contribution < 1.29 is 47.5 Å². The van der Waals surface area contributed by atoms with Gasteiger partial charge < -0.3 is 38.9 Å². The van der Waals surface area contributed by atoms with E-state index in [4.69, 9.17) is 38.9 Å². The van der Waals surface area contributed by atoms with E-state index in [1.807, 2.05) is 54.6 Å². The van der Waals surface area contributed by atoms with Crippen LogP contribution in [0.4, 0.5) is 16.4 Å². The summed E-state index contributed by atoms with van der Waals surface area (Å²) in [5, 5.41) is 2.43. The third-order valence-electron chi connectivity index (χ3n) is 10.9. The molecular formula is C50H60N6O12. The topological polar surface area (TPSA) is 224 Å². The predicted molar refractivity (Wildman–Crippen MR) is 251 cm³/mol. The van der Waals surface area contributed by atoms with Crippen molar-refractivity contribution in [2.24, 2.45) is 0 Å². The van der Waals surface area contributed by atoms with Crippen molar-refractivity contribution in [1.82, 2.24) is 19.1 Å². The van der Waals surface area contributed by atoms with Gasteiger partial charge in [0.2, 0.25) is 0 Å². The van der Waals surface area contributed by atoms with Crippen molar-refractivity contribution in [3.05, 3.63) is 152 Å². The Morgan fingerprint density at radius 3 is 1.60 bits per heavy atom. The molecule has 362 valence electrons. The van der Waals surface area contributed by atoms with Gasteiger partial charge in [0.1, 0.15) is 31.5 Å². The molecular weight excluding hydrogens is 877 g/mol. The maximum atomic E-state index is 12.5. The minimum Gasteiger partial charge on any atom is -0.457 e. The van der Waals surface area contributed by atoms with Crippen LogP contribution in [0, 0.1) is 0 Å². The molecule has 7 rings (SSSR count). The largest absolute Gasteiger partial charge is 0.457 e. The number of carbonyl (C=O) groups is 3. The number of ether oxygens (including phenoxy) is 7. The number of nitrogens with one attached hydrogen (secondary N) is 1. The van der Waals surface area contributed by atoms with Crippen molar-refractivity contribution >= 4 is 29.7 Å². The molecule has 68 heavy (non-hydrogen) atoms. The van der Waals surface area contributed by atoms with Crippen molar-refractivity contribution in [2.75, 3.05) is 37.5 Å². The lowest BCUT2D eigenvalue weighted by molar-refractivity contribution is -0.103. The monoisotopic (exact) mass is 936 g/mol. The van der Waals surface area contributed by atoms with Gasteiger partial charge in [0.25, 0.3) is 0 Å². The number of esters is 2. The van der Waals surface area contributed by atoms with Crippen LogP contribution < -0.4 is 22.4 Å². The van der Waals surface area contributed by atoms with Crippen molar-refractivity contribution in [3.63, 3.8) is 0 Å². The van der Waals surface area contributed by atoms with Crippen molar-refractivity contribution in [1.29, 1.82) is 0 Å². The van der Waals surface area contributed by atoms with Gasteiger partial charge in [0.15, 0.2) is 25.0 Å². The number of nitrogen functional groups attached to an aromatic ring is 1. The Kier molecular flexibility index (Phi) is 19.8. The Labute approximate surface area is 394 Å². The van der Waals surface area contributed by atoms with Crippen molar-refractivity contribution in [3.8, 4) is 0 Å². The van der Waals surface area contributed by atoms with Crippen LogP contribution >= 0.6 is 0 Å². The number of hydrogen-bond donors (Lipinski definition) is 2. The number of aryl methyl sites for hydroxylation is 2. The average Bonchev–Trinajstić information content (AvgIpc) is 4.03. The van der Waals surface area contributed by atoms with E-state index in [9.17, 15) is 24.0 Å². The van der Waals surface area contributed by atoms with Gasteiger partial charge in [-0.2, -0.15) is 9.97 Å². The van der Waals surface area contributed by atoms with Gasteiger partial charge in [-0.1, -0.05) is 107 Å². The summed E-state index contributed by atoms with van der Waals surface area (Å²) in [7, 11) is 0. The Morgan fingerprint density at radius 1 is 0.618 bits per heavy atom. The molecule has 4 heterocycles. The number of rotatable bonds is 21. The zero-order valence-corrected chi connectivity index (χ0v) is 38.5. The van der Waals surface area contributed by atoms with E-state index in [0.717, 1.165) is 31.2 Å². The molecule has 4 atom stereocenters. The molecule has 3 aromatic carbocycles. The zero-order chi connectivity index (χ0) is 48.1. The first kappa shape index (κ1) is 50.7. The minimum absolute atomic E-state index is 0.0469. The number of aromatic nitrogens is 4. The Morgan fingerprint density at radius 2 is 1.12 bits per heavy atom. The lowest BCUT2D eigenvalue weighted by atomic mass is 10.0. The summed E-state index contributed by atoms with van der Waals surface area (Å²) in [6.07, 6.45) is 10.9. The summed E-state index contributed by atoms with van der Waals surface area (Å²) < 4.78 is 40.6. The molecule has 0 unspecified atom stereocenters. The van der Waals surface area contributed by atoms with E-state index >= 15 is 0 Å². The van der Waals surface area contributed by atoms with Gasteiger partial charge in [-0.3, -0.25) is 14.5 Å². The molecule has 0 bridgehead atoms. The number of amides is 1. The number of carbonyl (C=O) groups excluding carboxylic acids is 3. The molecule has 2 aromatic heterocycles. The third-order valence-corrected chi connectivity index (χ3v) is 10.9. The number of hydrogen-bond acceptors (Lipinski definition) is 15. The minimum atomic E-state index is -0.825. The highest BCUT2D eigenvalue weighted by Gasteiger charge is 2.31. The normalized spacial score (nSPS) is 17.4. The van der Waals surface area contributed by atoms with E-state index in [2.05, 4.69) is 29.1 Å². The molecule has 2 aliphatic heterocycles. The van der Waals surface area contributed by atoms with E-state index in [1.54, 1.807) is 24.3 Å². The molecule has 1 amide bonds. The summed E-state index contributed by atoms with van der Waals surface area (Å²) in [6.45, 7) is 4.51. The molecule has 2 aliphatic rings. The maximum Gasteiger partial charge on any atom is 0.413 e. The number of anilines is 2. The van der Waals surface area contributed by atoms with Crippen molar-refractivity contribution in [2.45, 2.75) is 110 Å². The molecule has 18 heteroatoms. The summed E-state index contributed by atoms with van der Waals surface area (Å²) in [5.41, 5.74) is 8.49. The molecule has 2 saturated heterocycles. The van der Waals surface area contributed by atoms with Crippen LogP contribution in [0.2, 0.25) is 0 Å². The SMILES string of the molecule is CCCCCCc1ccc(C(=O)OC[C@H]2OC[C@@H](n3ccc(N)nc3=O)O2)cc1.CCCCCCc1ccc(C(=O)OC[C@H]2OC[C@@H](n3ccc(NC(=O)OCc4ccccc4)nc3=O)O2)cc1. The van der Waals surface area contributed by atoms with Gasteiger partial charge in [-0.05, 0) is 78.8 Å². The number of unbranched alkanes of at least 4 members (excludes halogenated alkanes) is 6. The average molecular weight is 937 g/mol. The van der Waals surface area contributed by atoms with Crippen LogP contribution in [-0.2, 0) is 52.6 Å². The van der Waals surface area contributed by atoms with Crippen LogP contribution in [0.3, 0.4) is 0 Å². The van der Waals surface area contributed by atoms with Crippen LogP contribution in [0.15, 0.2) is 113 Å². The first-order valence-electron chi connectivity index (χ1n) is 23.1. The fourth-order valence-corrected chi connectivity index (χ4v) is 7.14.